The van der Waals surface area contributed by atoms with Crippen molar-refractivity contribution >= 4 is 16.9 Å². The molecule has 15 nitrogen and oxygen atoms in total. The Kier molecular flexibility index (Phi) is 12.1. The van der Waals surface area contributed by atoms with Gasteiger partial charge in [0.2, 0.25) is 6.54 Å². The lowest BCUT2D eigenvalue weighted by atomic mass is 9.97. The van der Waals surface area contributed by atoms with Crippen molar-refractivity contribution in [3.63, 3.8) is 0 Å². The first-order valence-electron chi connectivity index (χ1n) is 16.5. The number of H-pyrrole nitrogens is 2. The predicted octanol–water partition coefficient (Wildman–Crippen LogP) is 4.42. The van der Waals surface area contributed by atoms with Crippen LogP contribution >= 0.6 is 8.60 Å². The molecule has 17 heteroatoms. The third-order valence-electron chi connectivity index (χ3n) is 9.44. The van der Waals surface area contributed by atoms with Crippen molar-refractivity contribution < 1.29 is 27.5 Å². The summed E-state index contributed by atoms with van der Waals surface area (Å²) in [6.45, 7) is 26.9. The van der Waals surface area contributed by atoms with Gasteiger partial charge in [0.15, 0.2) is 8.32 Å². The van der Waals surface area contributed by atoms with E-state index in [9.17, 15) is 19.2 Å². The molecule has 49 heavy (non-hydrogen) atoms. The van der Waals surface area contributed by atoms with Crippen LogP contribution in [0.25, 0.3) is 4.85 Å². The van der Waals surface area contributed by atoms with Gasteiger partial charge in [0.05, 0.1) is 18.3 Å². The average Bonchev–Trinajstić information content (AvgIpc) is 3.60. The molecule has 2 aromatic heterocycles. The zero-order valence-electron chi connectivity index (χ0n) is 30.0. The predicted molar refractivity (Wildman–Crippen MR) is 186 cm³/mol. The van der Waals surface area contributed by atoms with Gasteiger partial charge in [-0.25, -0.2) is 16.2 Å². The van der Waals surface area contributed by atoms with E-state index in [1.54, 1.807) is 13.8 Å². The third-order valence-corrected chi connectivity index (χ3v) is 15.4. The number of hydrogen-bond donors (Lipinski definition) is 2. The van der Waals surface area contributed by atoms with E-state index in [2.05, 4.69) is 48.7 Å². The van der Waals surface area contributed by atoms with Crippen LogP contribution in [0.1, 0.15) is 84.4 Å². The standard InChI is InChI=1S/C32H50N5O10PSi/c1-12-21-22(15-24(43-21)36-17-19(2)27(38)34-29(36)40)45-48(42-14-13-33-9)47-32(7,8)26-23(46-49(10,11)31(4,5)6)16-25(44-26)37-18-20(3)28(39)35-30(37)41/h17-18,21-26H,12-16H2,1-8,10-11H3,(H,34,38,40)(H,35,39,41)/t21-,22-,23-,24-,25-,26+,48?/m1/s1. The highest BCUT2D eigenvalue weighted by Gasteiger charge is 2.52. The van der Waals surface area contributed by atoms with Gasteiger partial charge < -0.3 is 32.3 Å². The molecule has 1 unspecified atom stereocenters. The Morgan fingerprint density at radius 2 is 1.47 bits per heavy atom. The lowest BCUT2D eigenvalue weighted by Gasteiger charge is -2.42. The Hall–Kier alpha value is -2.74. The first-order valence-corrected chi connectivity index (χ1v) is 20.5. The number of ether oxygens (including phenoxy) is 2. The second kappa shape index (κ2) is 15.2. The number of nitrogens with zero attached hydrogens (tertiary/aromatic N) is 3. The average molecular weight is 724 g/mol. The summed E-state index contributed by atoms with van der Waals surface area (Å²) in [5, 5.41) is -0.120. The van der Waals surface area contributed by atoms with E-state index in [0.29, 0.717) is 24.0 Å². The summed E-state index contributed by atoms with van der Waals surface area (Å²) in [4.78, 5) is 57.7. The molecule has 2 saturated heterocycles. The molecule has 2 aromatic rings. The van der Waals surface area contributed by atoms with Crippen molar-refractivity contribution in [3.05, 3.63) is 76.6 Å². The zero-order chi connectivity index (χ0) is 36.5. The van der Waals surface area contributed by atoms with Crippen LogP contribution in [0.15, 0.2) is 31.6 Å². The SMILES string of the molecule is [C-]#[N+]CCOP(O[C@@H]1C[C@H](n2cc(C)c(=O)[nH]c2=O)O[C@@H]1CC)OC(C)(C)[C@H]1O[C@@H](n2cc(C)c(=O)[nH]c2=O)C[C@H]1O[Si](C)(C)C(C)(C)C. The second-order valence-corrected chi connectivity index (χ2v) is 20.5. The van der Waals surface area contributed by atoms with Gasteiger partial charge in [-0.15, -0.1) is 0 Å². The molecule has 2 fully saturated rings. The normalized spacial score (nSPS) is 25.4. The van der Waals surface area contributed by atoms with Gasteiger partial charge in [0.25, 0.3) is 11.1 Å². The Labute approximate surface area is 288 Å². The van der Waals surface area contributed by atoms with Gasteiger partial charge in [-0.2, -0.15) is 0 Å². The van der Waals surface area contributed by atoms with Gasteiger partial charge in [0.1, 0.15) is 30.8 Å². The summed E-state index contributed by atoms with van der Waals surface area (Å²) in [5.74, 6) is 0. The highest BCUT2D eigenvalue weighted by molar-refractivity contribution is 7.41. The maximum Gasteiger partial charge on any atom is 0.333 e. The van der Waals surface area contributed by atoms with Crippen molar-refractivity contribution in [3.8, 4) is 0 Å². The van der Waals surface area contributed by atoms with Crippen LogP contribution in [0.3, 0.4) is 0 Å². The molecule has 7 atom stereocenters. The van der Waals surface area contributed by atoms with E-state index < -0.39 is 81.9 Å². The van der Waals surface area contributed by atoms with Crippen molar-refractivity contribution in [2.75, 3.05) is 13.2 Å². The Bertz CT molecular complexity index is 1760. The van der Waals surface area contributed by atoms with Crippen molar-refractivity contribution in [1.29, 1.82) is 0 Å². The van der Waals surface area contributed by atoms with E-state index in [0.717, 1.165) is 0 Å². The van der Waals surface area contributed by atoms with Crippen LogP contribution in [-0.2, 0) is 27.5 Å². The molecule has 4 heterocycles. The Morgan fingerprint density at radius 3 is 1.98 bits per heavy atom. The molecule has 4 rings (SSSR count). The Balaban J connectivity index is 1.63. The van der Waals surface area contributed by atoms with Gasteiger partial charge in [-0.05, 0) is 52.2 Å². The maximum absolute atomic E-state index is 12.9. The topological polar surface area (TPSA) is 169 Å². The van der Waals surface area contributed by atoms with Crippen LogP contribution < -0.4 is 22.5 Å². The summed E-state index contributed by atoms with van der Waals surface area (Å²) >= 11 is 0. The van der Waals surface area contributed by atoms with Gasteiger partial charge in [-0.1, -0.05) is 27.7 Å². The van der Waals surface area contributed by atoms with Gasteiger partial charge in [-0.3, -0.25) is 28.7 Å². The fourth-order valence-corrected chi connectivity index (χ4v) is 8.28. The summed E-state index contributed by atoms with van der Waals surface area (Å²) in [6.07, 6.45) is 0.579. The van der Waals surface area contributed by atoms with Crippen LogP contribution in [-0.4, -0.2) is 70.6 Å². The van der Waals surface area contributed by atoms with Crippen molar-refractivity contribution in [1.82, 2.24) is 19.1 Å². The zero-order valence-corrected chi connectivity index (χ0v) is 31.9. The minimum absolute atomic E-state index is 0.0573. The van der Waals surface area contributed by atoms with E-state index in [1.807, 2.05) is 20.8 Å². The molecule has 2 N–H and O–H groups in total. The summed E-state index contributed by atoms with van der Waals surface area (Å²) < 4.78 is 41.5. The van der Waals surface area contributed by atoms with Crippen LogP contribution in [0.2, 0.25) is 18.1 Å². The summed E-state index contributed by atoms with van der Waals surface area (Å²) in [6, 6.07) is 0. The molecule has 0 spiro atoms. The van der Waals surface area contributed by atoms with E-state index in [4.69, 9.17) is 34.0 Å². The number of aromatic nitrogens is 4. The molecular formula is C32H50N5O10PSi. The second-order valence-electron chi connectivity index (χ2n) is 14.7. The van der Waals surface area contributed by atoms with E-state index >= 15 is 0 Å². The fourth-order valence-electron chi connectivity index (χ4n) is 5.63. The molecule has 0 radical (unpaired) electrons. The molecular weight excluding hydrogens is 673 g/mol. The number of rotatable bonds is 13. The molecule has 0 aliphatic carbocycles. The number of nitrogens with one attached hydrogen (secondary N) is 2. The van der Waals surface area contributed by atoms with Crippen molar-refractivity contribution in [2.24, 2.45) is 0 Å². The van der Waals surface area contributed by atoms with Crippen LogP contribution in [0.5, 0.6) is 0 Å². The fraction of sp³-hybridized carbons (Fsp3) is 0.719. The molecule has 2 aliphatic heterocycles. The van der Waals surface area contributed by atoms with Crippen LogP contribution in [0.4, 0.5) is 0 Å². The number of aromatic amines is 2. The van der Waals surface area contributed by atoms with Crippen LogP contribution in [0, 0.1) is 20.4 Å². The maximum atomic E-state index is 12.9. The molecule has 0 aromatic carbocycles. The largest absolute Gasteiger partial charge is 0.411 e. The lowest BCUT2D eigenvalue weighted by molar-refractivity contribution is -0.117. The summed E-state index contributed by atoms with van der Waals surface area (Å²) in [5.41, 5.74) is -2.44. The van der Waals surface area contributed by atoms with E-state index in [1.165, 1.54) is 21.5 Å². The number of aryl methyl sites for hydroxylation is 2. The monoisotopic (exact) mass is 723 g/mol. The quantitative estimate of drug-likeness (QED) is 0.131. The molecule has 0 bridgehead atoms. The van der Waals surface area contributed by atoms with E-state index in [-0.39, 0.29) is 24.6 Å². The molecule has 272 valence electrons. The molecule has 0 saturated carbocycles. The third kappa shape index (κ3) is 8.95. The van der Waals surface area contributed by atoms with Gasteiger partial charge >= 0.3 is 20.0 Å². The summed E-state index contributed by atoms with van der Waals surface area (Å²) in [7, 11) is -4.45. The first-order chi connectivity index (χ1) is 22.8. The van der Waals surface area contributed by atoms with Gasteiger partial charge in [0, 0.05) is 36.4 Å². The highest BCUT2D eigenvalue weighted by Crippen LogP contribution is 2.52. The molecule has 2 aliphatic rings. The lowest BCUT2D eigenvalue weighted by Crippen LogP contribution is -2.51. The first kappa shape index (κ1) is 39.0. The minimum Gasteiger partial charge on any atom is -0.411 e. The molecule has 0 amide bonds. The minimum atomic E-state index is -2.35. The smallest absolute Gasteiger partial charge is 0.333 e. The van der Waals surface area contributed by atoms with Crippen molar-refractivity contribution in [2.45, 2.75) is 135 Å². The highest BCUT2D eigenvalue weighted by atomic mass is 31.2. The number of hydrogen-bond acceptors (Lipinski definition) is 10. The Morgan fingerprint density at radius 1 is 0.939 bits per heavy atom.